The lowest BCUT2D eigenvalue weighted by Gasteiger charge is -2.11. The summed E-state index contributed by atoms with van der Waals surface area (Å²) in [7, 11) is 0. The molecule has 2 aromatic rings. The smallest absolute Gasteiger partial charge is 0.309 e. The van der Waals surface area contributed by atoms with Crippen molar-refractivity contribution in [2.45, 2.75) is 6.42 Å². The maximum atomic E-state index is 10.9. The third-order valence-electron chi connectivity index (χ3n) is 2.92. The molecule has 0 heterocycles. The fourth-order valence-electron chi connectivity index (χ4n) is 1.97. The van der Waals surface area contributed by atoms with E-state index in [2.05, 4.69) is 0 Å². The van der Waals surface area contributed by atoms with Gasteiger partial charge in [-0.3, -0.25) is 4.79 Å². The van der Waals surface area contributed by atoms with Crippen LogP contribution in [0, 0.1) is 5.92 Å². The molecule has 0 bridgehead atoms. The van der Waals surface area contributed by atoms with Gasteiger partial charge in [0.2, 0.25) is 0 Å². The van der Waals surface area contributed by atoms with Crippen LogP contribution in [0.2, 0.25) is 0 Å². The summed E-state index contributed by atoms with van der Waals surface area (Å²) >= 11 is 0. The summed E-state index contributed by atoms with van der Waals surface area (Å²) in [5, 5.41) is 20.1. The number of carboxylic acid groups (broad SMARTS) is 1. The second-order valence-electron chi connectivity index (χ2n) is 4.06. The van der Waals surface area contributed by atoms with Crippen LogP contribution in [0.25, 0.3) is 10.8 Å². The number of fused-ring (bicyclic) bond motifs is 1. The molecular formula is C14H14O3. The molecule has 0 aliphatic rings. The topological polar surface area (TPSA) is 57.5 Å². The summed E-state index contributed by atoms with van der Waals surface area (Å²) in [5.41, 5.74) is 0.963. The first-order valence-corrected chi connectivity index (χ1v) is 5.52. The number of aliphatic carboxylic acids is 1. The molecular weight excluding hydrogens is 216 g/mol. The molecule has 2 aromatic carbocycles. The molecule has 2 N–H and O–H groups in total. The van der Waals surface area contributed by atoms with E-state index in [4.69, 9.17) is 10.2 Å². The SMILES string of the molecule is O=C(O)C(CO)Cc1cccc2ccccc12. The number of carbonyl (C=O) groups is 1. The first-order chi connectivity index (χ1) is 8.22. The molecule has 0 aliphatic heterocycles. The number of rotatable bonds is 4. The van der Waals surface area contributed by atoms with E-state index in [0.717, 1.165) is 16.3 Å². The zero-order valence-corrected chi connectivity index (χ0v) is 9.34. The maximum absolute atomic E-state index is 10.9. The predicted molar refractivity (Wildman–Crippen MR) is 65.9 cm³/mol. The average molecular weight is 230 g/mol. The van der Waals surface area contributed by atoms with Crippen molar-refractivity contribution >= 4 is 16.7 Å². The molecule has 0 saturated carbocycles. The van der Waals surface area contributed by atoms with Crippen LogP contribution in [0.4, 0.5) is 0 Å². The number of hydrogen-bond acceptors (Lipinski definition) is 2. The molecule has 0 aromatic heterocycles. The van der Waals surface area contributed by atoms with Gasteiger partial charge in [-0.05, 0) is 22.8 Å². The minimum atomic E-state index is -0.958. The van der Waals surface area contributed by atoms with Gasteiger partial charge in [0, 0.05) is 0 Å². The number of aliphatic hydroxyl groups is 1. The number of hydrogen-bond donors (Lipinski definition) is 2. The molecule has 1 unspecified atom stereocenters. The summed E-state index contributed by atoms with van der Waals surface area (Å²) in [6, 6.07) is 13.7. The Hall–Kier alpha value is -1.87. The van der Waals surface area contributed by atoms with Gasteiger partial charge in [0.1, 0.15) is 0 Å². The van der Waals surface area contributed by atoms with Gasteiger partial charge in [-0.1, -0.05) is 42.5 Å². The van der Waals surface area contributed by atoms with Crippen LogP contribution in [-0.2, 0) is 11.2 Å². The summed E-state index contributed by atoms with van der Waals surface area (Å²) in [6.45, 7) is -0.335. The third kappa shape index (κ3) is 2.45. The Morgan fingerprint density at radius 3 is 2.53 bits per heavy atom. The molecule has 0 aliphatic carbocycles. The zero-order valence-electron chi connectivity index (χ0n) is 9.34. The monoisotopic (exact) mass is 230 g/mol. The van der Waals surface area contributed by atoms with Crippen LogP contribution in [-0.4, -0.2) is 22.8 Å². The van der Waals surface area contributed by atoms with E-state index in [1.54, 1.807) is 0 Å². The second kappa shape index (κ2) is 4.97. The minimum Gasteiger partial charge on any atom is -0.481 e. The van der Waals surface area contributed by atoms with Crippen molar-refractivity contribution in [3.05, 3.63) is 48.0 Å². The fraction of sp³-hybridized carbons (Fsp3) is 0.214. The lowest BCUT2D eigenvalue weighted by Crippen LogP contribution is -2.20. The number of benzene rings is 2. The van der Waals surface area contributed by atoms with Crippen LogP contribution in [0.1, 0.15) is 5.56 Å². The van der Waals surface area contributed by atoms with E-state index in [0.29, 0.717) is 6.42 Å². The van der Waals surface area contributed by atoms with Crippen molar-refractivity contribution in [1.82, 2.24) is 0 Å². The Morgan fingerprint density at radius 1 is 1.12 bits per heavy atom. The van der Waals surface area contributed by atoms with Crippen molar-refractivity contribution in [1.29, 1.82) is 0 Å². The standard InChI is InChI=1S/C14H14O3/c15-9-12(14(16)17)8-11-6-3-5-10-4-1-2-7-13(10)11/h1-7,12,15H,8-9H2,(H,16,17). The van der Waals surface area contributed by atoms with Crippen molar-refractivity contribution in [3.8, 4) is 0 Å². The highest BCUT2D eigenvalue weighted by Gasteiger charge is 2.17. The first kappa shape index (κ1) is 11.6. The number of aliphatic hydroxyl groups excluding tert-OH is 1. The molecule has 2 rings (SSSR count). The van der Waals surface area contributed by atoms with Crippen LogP contribution in [0.5, 0.6) is 0 Å². The van der Waals surface area contributed by atoms with Gasteiger partial charge in [-0.15, -0.1) is 0 Å². The van der Waals surface area contributed by atoms with Crippen molar-refractivity contribution in [2.24, 2.45) is 5.92 Å². The Balaban J connectivity index is 2.38. The van der Waals surface area contributed by atoms with Gasteiger partial charge in [-0.2, -0.15) is 0 Å². The van der Waals surface area contributed by atoms with Crippen LogP contribution in [0.15, 0.2) is 42.5 Å². The molecule has 0 radical (unpaired) electrons. The lowest BCUT2D eigenvalue weighted by molar-refractivity contribution is -0.142. The normalized spacial score (nSPS) is 12.5. The maximum Gasteiger partial charge on any atom is 0.309 e. The molecule has 3 nitrogen and oxygen atoms in total. The third-order valence-corrected chi connectivity index (χ3v) is 2.92. The van der Waals surface area contributed by atoms with E-state index >= 15 is 0 Å². The van der Waals surface area contributed by atoms with E-state index in [1.807, 2.05) is 42.5 Å². The summed E-state index contributed by atoms with van der Waals surface area (Å²) in [6.07, 6.45) is 0.354. The van der Waals surface area contributed by atoms with Gasteiger partial charge < -0.3 is 10.2 Å². The van der Waals surface area contributed by atoms with Crippen LogP contribution < -0.4 is 0 Å². The van der Waals surface area contributed by atoms with Crippen molar-refractivity contribution < 1.29 is 15.0 Å². The average Bonchev–Trinajstić information content (AvgIpc) is 2.35. The highest BCUT2D eigenvalue weighted by atomic mass is 16.4. The molecule has 1 atom stereocenters. The van der Waals surface area contributed by atoms with Crippen LogP contribution >= 0.6 is 0 Å². The summed E-state index contributed by atoms with van der Waals surface area (Å²) in [4.78, 5) is 10.9. The first-order valence-electron chi connectivity index (χ1n) is 5.52. The Kier molecular flexibility index (Phi) is 3.40. The second-order valence-corrected chi connectivity index (χ2v) is 4.06. The number of carboxylic acids is 1. The van der Waals surface area contributed by atoms with Crippen molar-refractivity contribution in [3.63, 3.8) is 0 Å². The summed E-state index contributed by atoms with van der Waals surface area (Å²) in [5.74, 6) is -1.69. The highest BCUT2D eigenvalue weighted by Crippen LogP contribution is 2.21. The van der Waals surface area contributed by atoms with Crippen molar-refractivity contribution in [2.75, 3.05) is 6.61 Å². The lowest BCUT2D eigenvalue weighted by atomic mass is 9.95. The van der Waals surface area contributed by atoms with Gasteiger partial charge in [0.15, 0.2) is 0 Å². The zero-order chi connectivity index (χ0) is 12.3. The molecule has 17 heavy (non-hydrogen) atoms. The van der Waals surface area contributed by atoms with Crippen LogP contribution in [0.3, 0.4) is 0 Å². The van der Waals surface area contributed by atoms with E-state index < -0.39 is 11.9 Å². The van der Waals surface area contributed by atoms with Gasteiger partial charge in [0.25, 0.3) is 0 Å². The van der Waals surface area contributed by atoms with Gasteiger partial charge >= 0.3 is 5.97 Å². The largest absolute Gasteiger partial charge is 0.481 e. The summed E-state index contributed by atoms with van der Waals surface area (Å²) < 4.78 is 0. The molecule has 0 saturated heterocycles. The Bertz CT molecular complexity index is 528. The van der Waals surface area contributed by atoms with E-state index in [-0.39, 0.29) is 6.61 Å². The highest BCUT2D eigenvalue weighted by molar-refractivity contribution is 5.86. The Labute approximate surface area is 99.3 Å². The van der Waals surface area contributed by atoms with E-state index in [9.17, 15) is 4.79 Å². The minimum absolute atomic E-state index is 0.335. The molecule has 0 amide bonds. The molecule has 88 valence electrons. The van der Waals surface area contributed by atoms with Gasteiger partial charge in [-0.25, -0.2) is 0 Å². The molecule has 0 fully saturated rings. The van der Waals surface area contributed by atoms with Gasteiger partial charge in [0.05, 0.1) is 12.5 Å². The Morgan fingerprint density at radius 2 is 1.82 bits per heavy atom. The molecule has 3 heteroatoms. The fourth-order valence-corrected chi connectivity index (χ4v) is 1.97. The quantitative estimate of drug-likeness (QED) is 0.845. The molecule has 0 spiro atoms. The predicted octanol–water partition coefficient (Wildman–Crippen LogP) is 2.08. The van der Waals surface area contributed by atoms with E-state index in [1.165, 1.54) is 0 Å².